The summed E-state index contributed by atoms with van der Waals surface area (Å²) in [5.74, 6) is -0.593. The first kappa shape index (κ1) is 83.3. The van der Waals surface area contributed by atoms with Crippen molar-refractivity contribution in [3.63, 3.8) is 0 Å². The number of allylic oxidation sites excluding steroid dienone is 28. The molecule has 0 aliphatic carbocycles. The van der Waals surface area contributed by atoms with E-state index in [0.717, 1.165) is 128 Å². The Morgan fingerprint density at radius 2 is 0.455 bits per heavy atom. The van der Waals surface area contributed by atoms with Gasteiger partial charge in [0.25, 0.3) is 0 Å². The molecule has 498 valence electrons. The summed E-state index contributed by atoms with van der Waals surface area (Å²) in [5.41, 5.74) is 0. The molecular formula is C83H136O5. The maximum Gasteiger partial charge on any atom is 0.306 e. The van der Waals surface area contributed by atoms with Crippen LogP contribution in [0.15, 0.2) is 170 Å². The van der Waals surface area contributed by atoms with Gasteiger partial charge in [-0.2, -0.15) is 0 Å². The van der Waals surface area contributed by atoms with Gasteiger partial charge in [-0.1, -0.05) is 351 Å². The van der Waals surface area contributed by atoms with Crippen LogP contribution in [0, 0.1) is 0 Å². The Bertz CT molecular complexity index is 1910. The van der Waals surface area contributed by atoms with Gasteiger partial charge in [0.05, 0.1) is 6.61 Å². The monoisotopic (exact) mass is 1210 g/mol. The lowest BCUT2D eigenvalue weighted by Crippen LogP contribution is -2.28. The summed E-state index contributed by atoms with van der Waals surface area (Å²) in [4.78, 5) is 24.7. The number of unbranched alkanes of at least 4 members (excludes halogenated alkanes) is 30. The Hall–Kier alpha value is -4.74. The van der Waals surface area contributed by atoms with Crippen LogP contribution in [0.3, 0.4) is 0 Å². The van der Waals surface area contributed by atoms with Gasteiger partial charge in [0.15, 0.2) is 6.10 Å². The molecule has 0 fully saturated rings. The molecule has 0 saturated carbocycles. The second-order valence-corrected chi connectivity index (χ2v) is 23.9. The van der Waals surface area contributed by atoms with E-state index < -0.39 is 6.10 Å². The van der Waals surface area contributed by atoms with Gasteiger partial charge in [-0.25, -0.2) is 0 Å². The molecule has 5 nitrogen and oxygen atoms in total. The molecule has 0 aromatic carbocycles. The van der Waals surface area contributed by atoms with Gasteiger partial charge in [0.2, 0.25) is 0 Å². The Labute approximate surface area is 544 Å². The minimum absolute atomic E-state index is 0.0729. The Kier molecular flexibility index (Phi) is 72.4. The number of ether oxygens (including phenoxy) is 2. The minimum Gasteiger partial charge on any atom is -0.462 e. The standard InChI is InChI=1S/C83H136O5/c1-3-5-7-9-11-13-15-17-19-21-23-25-27-29-31-33-35-37-38-39-40-41-42-43-44-46-48-50-52-54-56-58-60-62-64-66-68-70-72-74-76-78-83(86)88-81(79-84)80-87-82(85)77-75-73-71-69-67-65-63-61-59-57-55-53-51-49-47-45-36-34-32-30-28-26-24-22-20-18-16-14-12-10-8-6-4-2/h5-8,11-14,17-20,23-26,29,31,35,37,39-40,42-43,46,48,52,54,81,84H,3-4,9-10,15-16,21-22,27-28,30,32-34,36,38,41,44-45,47,49-51,53,55-80H2,1-2H3/b7-5-,8-6-,13-11-,14-12-,19-17-,20-18-,25-23-,26-24-,31-29-,37-35-,40-39-,43-42-,48-46-,54-52-. The van der Waals surface area contributed by atoms with E-state index >= 15 is 0 Å². The number of hydrogen-bond donors (Lipinski definition) is 1. The highest BCUT2D eigenvalue weighted by Crippen LogP contribution is 2.17. The smallest absolute Gasteiger partial charge is 0.306 e. The predicted octanol–water partition coefficient (Wildman–Crippen LogP) is 26.0. The summed E-state index contributed by atoms with van der Waals surface area (Å²) < 4.78 is 10.8. The molecule has 0 saturated heterocycles. The lowest BCUT2D eigenvalue weighted by atomic mass is 10.0. The summed E-state index contributed by atoms with van der Waals surface area (Å²) in [6.45, 7) is 3.93. The van der Waals surface area contributed by atoms with Crippen molar-refractivity contribution in [1.82, 2.24) is 0 Å². The average Bonchev–Trinajstić information content (AvgIpc) is 3.56. The highest BCUT2D eigenvalue weighted by atomic mass is 16.6. The fourth-order valence-corrected chi connectivity index (χ4v) is 10.1. The number of rotatable bonds is 66. The number of carbonyl (C=O) groups is 2. The second-order valence-electron chi connectivity index (χ2n) is 23.9. The average molecular weight is 1210 g/mol. The fourth-order valence-electron chi connectivity index (χ4n) is 10.1. The third-order valence-corrected chi connectivity index (χ3v) is 15.5. The maximum absolute atomic E-state index is 12.4. The molecule has 0 bridgehead atoms. The van der Waals surface area contributed by atoms with Crippen LogP contribution in [0.2, 0.25) is 0 Å². The Morgan fingerprint density at radius 3 is 0.682 bits per heavy atom. The van der Waals surface area contributed by atoms with Gasteiger partial charge >= 0.3 is 11.9 Å². The molecule has 1 N–H and O–H groups in total. The zero-order chi connectivity index (χ0) is 63.3. The number of carbonyl (C=O) groups excluding carboxylic acids is 2. The molecule has 0 spiro atoms. The lowest BCUT2D eigenvalue weighted by Gasteiger charge is -2.15. The van der Waals surface area contributed by atoms with Crippen LogP contribution in [0.5, 0.6) is 0 Å². The van der Waals surface area contributed by atoms with Crippen LogP contribution >= 0.6 is 0 Å². The van der Waals surface area contributed by atoms with Crippen molar-refractivity contribution in [3.8, 4) is 0 Å². The van der Waals surface area contributed by atoms with Gasteiger partial charge in [-0.3, -0.25) is 9.59 Å². The van der Waals surface area contributed by atoms with Crippen molar-refractivity contribution < 1.29 is 24.2 Å². The summed E-state index contributed by atoms with van der Waals surface area (Å²) >= 11 is 0. The van der Waals surface area contributed by atoms with Crippen LogP contribution in [-0.2, 0) is 19.1 Å². The molecule has 1 atom stereocenters. The van der Waals surface area contributed by atoms with Gasteiger partial charge in [0.1, 0.15) is 6.61 Å². The molecule has 0 heterocycles. The van der Waals surface area contributed by atoms with E-state index in [-0.39, 0.29) is 25.2 Å². The van der Waals surface area contributed by atoms with Crippen LogP contribution in [0.25, 0.3) is 0 Å². The van der Waals surface area contributed by atoms with Crippen LogP contribution in [0.4, 0.5) is 0 Å². The third-order valence-electron chi connectivity index (χ3n) is 15.5. The molecular weight excluding hydrogens is 1080 g/mol. The van der Waals surface area contributed by atoms with Crippen LogP contribution in [-0.4, -0.2) is 36.4 Å². The first-order chi connectivity index (χ1) is 43.6. The van der Waals surface area contributed by atoms with Gasteiger partial charge in [-0.15, -0.1) is 0 Å². The van der Waals surface area contributed by atoms with E-state index in [0.29, 0.717) is 12.8 Å². The molecule has 0 rings (SSSR count). The number of aliphatic hydroxyl groups excluding tert-OH is 1. The first-order valence-electron chi connectivity index (χ1n) is 36.7. The summed E-state index contributed by atoms with van der Waals surface area (Å²) in [7, 11) is 0. The normalized spacial score (nSPS) is 13.3. The molecule has 0 aliphatic rings. The van der Waals surface area contributed by atoms with Crippen molar-refractivity contribution in [2.24, 2.45) is 0 Å². The molecule has 1 unspecified atom stereocenters. The van der Waals surface area contributed by atoms with E-state index in [9.17, 15) is 14.7 Å². The minimum atomic E-state index is -0.785. The quantitative estimate of drug-likeness (QED) is 0.0373. The zero-order valence-electron chi connectivity index (χ0n) is 57.2. The van der Waals surface area contributed by atoms with Crippen molar-refractivity contribution in [2.75, 3.05) is 13.2 Å². The van der Waals surface area contributed by atoms with E-state index in [1.54, 1.807) is 0 Å². The van der Waals surface area contributed by atoms with Crippen molar-refractivity contribution >= 4 is 11.9 Å². The molecule has 88 heavy (non-hydrogen) atoms. The summed E-state index contributed by atoms with van der Waals surface area (Å²) in [6.07, 6.45) is 118. The van der Waals surface area contributed by atoms with Crippen molar-refractivity contribution in [1.29, 1.82) is 0 Å². The molecule has 0 aromatic heterocycles. The molecule has 0 aliphatic heterocycles. The SMILES string of the molecule is CC/C=C\C/C=C\C/C=C\C/C=C\C/C=C\C/C=C\C/C=C\C/C=C\C/C=C\C/C=C\CCCCCCCCCCCCC(=O)OC(CO)COC(=O)CCCCCCCCCCCCCCCCCCCCCC/C=C\C/C=C\C/C=C\C/C=C\CC. The van der Waals surface area contributed by atoms with Gasteiger partial charge in [0, 0.05) is 12.8 Å². The van der Waals surface area contributed by atoms with Crippen molar-refractivity contribution in [2.45, 2.75) is 328 Å². The number of hydrogen-bond acceptors (Lipinski definition) is 5. The molecule has 0 aromatic rings. The first-order valence-corrected chi connectivity index (χ1v) is 36.7. The van der Waals surface area contributed by atoms with Gasteiger partial charge in [-0.05, 0) is 128 Å². The summed E-state index contributed by atoms with van der Waals surface area (Å²) in [6, 6.07) is 0. The number of aliphatic hydroxyl groups is 1. The van der Waals surface area contributed by atoms with Crippen molar-refractivity contribution in [3.05, 3.63) is 170 Å². The predicted molar refractivity (Wildman–Crippen MR) is 389 cm³/mol. The zero-order valence-corrected chi connectivity index (χ0v) is 57.2. The van der Waals surface area contributed by atoms with Gasteiger partial charge < -0.3 is 14.6 Å². The largest absolute Gasteiger partial charge is 0.462 e. The highest BCUT2D eigenvalue weighted by Gasteiger charge is 2.16. The molecule has 0 amide bonds. The molecule has 5 heteroatoms. The highest BCUT2D eigenvalue weighted by molar-refractivity contribution is 5.70. The maximum atomic E-state index is 12.4. The second kappa shape index (κ2) is 76.5. The van der Waals surface area contributed by atoms with E-state index in [4.69, 9.17) is 9.47 Å². The van der Waals surface area contributed by atoms with Crippen LogP contribution < -0.4 is 0 Å². The topological polar surface area (TPSA) is 72.8 Å². The molecule has 0 radical (unpaired) electrons. The fraction of sp³-hybridized carbons (Fsp3) is 0.639. The van der Waals surface area contributed by atoms with Crippen LogP contribution in [0.1, 0.15) is 322 Å². The van der Waals surface area contributed by atoms with E-state index in [1.807, 2.05) is 0 Å². The van der Waals surface area contributed by atoms with E-state index in [1.165, 1.54) is 167 Å². The Morgan fingerprint density at radius 1 is 0.261 bits per heavy atom. The number of esters is 2. The van der Waals surface area contributed by atoms with E-state index in [2.05, 4.69) is 184 Å². The lowest BCUT2D eigenvalue weighted by molar-refractivity contribution is -0.161. The third kappa shape index (κ3) is 73.7. The summed E-state index contributed by atoms with van der Waals surface area (Å²) in [5, 5.41) is 9.72. The Balaban J connectivity index is 3.52.